The molecule has 652 valence electrons. The number of carbonyl (C=O) groups excluding carboxylic acids is 1. The van der Waals surface area contributed by atoms with E-state index in [2.05, 4.69) is 200 Å². The third kappa shape index (κ3) is 21.9. The second-order valence-electron chi connectivity index (χ2n) is 36.7. The van der Waals surface area contributed by atoms with Crippen molar-refractivity contribution in [3.05, 3.63) is 241 Å². The van der Waals surface area contributed by atoms with Crippen LogP contribution in [0.4, 0.5) is 0 Å². The molecule has 12 rings (SSSR count). The topological polar surface area (TPSA) is 179 Å². The average molecular weight is 1850 g/mol. The highest BCUT2D eigenvalue weighted by atomic mass is 35.5. The summed E-state index contributed by atoms with van der Waals surface area (Å²) in [6.45, 7) is 57.4. The van der Waals surface area contributed by atoms with Gasteiger partial charge in [-0.05, 0) is 232 Å². The van der Waals surface area contributed by atoms with Crippen LogP contribution in [0.1, 0.15) is 197 Å². The van der Waals surface area contributed by atoms with Gasteiger partial charge < -0.3 is 49.1 Å². The highest BCUT2D eigenvalue weighted by Crippen LogP contribution is 2.60. The lowest BCUT2D eigenvalue weighted by molar-refractivity contribution is -0.132. The number of halogens is 6. The van der Waals surface area contributed by atoms with Crippen LogP contribution in [0.25, 0.3) is 0 Å². The van der Waals surface area contributed by atoms with Crippen LogP contribution in [0.15, 0.2) is 192 Å². The van der Waals surface area contributed by atoms with Gasteiger partial charge in [0.15, 0.2) is 32.1 Å². The Morgan fingerprint density at radius 1 is 0.475 bits per heavy atom. The van der Waals surface area contributed by atoms with Crippen LogP contribution in [-0.2, 0) is 35.1 Å². The van der Waals surface area contributed by atoms with Crippen LogP contribution >= 0.6 is 105 Å². The summed E-state index contributed by atoms with van der Waals surface area (Å²) in [7, 11) is -3.44. The van der Waals surface area contributed by atoms with Gasteiger partial charge in [0, 0.05) is 91.6 Å². The van der Waals surface area contributed by atoms with E-state index in [0.717, 1.165) is 83.8 Å². The van der Waals surface area contributed by atoms with Gasteiger partial charge in [-0.1, -0.05) is 251 Å². The van der Waals surface area contributed by atoms with Crippen LogP contribution < -0.4 is 5.32 Å². The third-order valence-corrected chi connectivity index (χ3v) is 37.7. The lowest BCUT2D eigenvalue weighted by Gasteiger charge is -2.38. The standard InChI is InChI=1S/C33H45Cl2N3O2SSi.C27H33Cl2N3O2S.C22H20Cl2N2O2S.C11H27NOSi/c1-21(2)27-28(30(39)37(22(3)4)19-20-40-42(9,10)32(5,6)7)41-31-36-33(8,24-13-17-26(35)18-14-24)29(38(27)31)23-11-15-25(34)16-12-23;1-16(2)22-23(25(34)31(14-15-33)17(3)4)35-26-30-27(5,19-8-12-21(29)13-9-19)24(32(22)26)18-6-10-20(28)11-7-18;1-12(2)17-18(20(27)28)29-21-25-22(3,14-6-10-16(24)11-7-14)19(26(17)21)13-4-8-15(23)9-5-13;1-10(2)12-8-9-13-14(6,7)11(3,4)5/h11-18,21-22,29H,19-20H2,1-10H3;6-13,16-17,24-25,33-34H,14-15H2,1-5H3;4-12,19H,1-3H3,(H,27,28);10,12H,8-9H2,1-7H3/t29-,33+;24-,25-,27+;19-,22+;/m111./s1. The van der Waals surface area contributed by atoms with Crippen LogP contribution in [0, 0.1) is 17.8 Å². The SMILES string of the molecule is CC(C)C1=C(C(=O)N(CCO[Si](C)(C)C(C)(C)C)C(C)C)SC2=N[C@@](C)(c3ccc(Cl)cc3)[C@@H](c3ccc(Cl)cc3)N21.CC(C)C1=C(C(=O)O)SC2=N[C@@](C)(c3ccc(Cl)cc3)[C@@H](c3ccc(Cl)cc3)N21.CC(C)C1=C([C@@H](O)N(CCO)C(C)C)SC2=N[C@@](C)(c3ccc(Cl)cc3)[C@@H](c3ccc(Cl)cc3)N21.CC(C)NCCO[Si](C)(C)C(C)(C)C. The number of rotatable bonds is 26. The summed E-state index contributed by atoms with van der Waals surface area (Å²) in [6.07, 6.45) is -0.828. The van der Waals surface area contributed by atoms with Gasteiger partial charge in [-0.25, -0.2) is 19.8 Å². The minimum Gasteiger partial charge on any atom is -0.477 e. The van der Waals surface area contributed by atoms with Crippen molar-refractivity contribution in [2.45, 2.75) is 241 Å². The van der Waals surface area contributed by atoms with Crippen molar-refractivity contribution in [2.75, 3.05) is 39.5 Å². The first-order chi connectivity index (χ1) is 55.9. The number of carbonyl (C=O) groups is 2. The van der Waals surface area contributed by atoms with Gasteiger partial charge in [-0.3, -0.25) is 9.69 Å². The van der Waals surface area contributed by atoms with E-state index in [1.165, 1.54) is 35.3 Å². The van der Waals surface area contributed by atoms with Gasteiger partial charge in [0.25, 0.3) is 5.91 Å². The van der Waals surface area contributed by atoms with Crippen molar-refractivity contribution >= 4 is 149 Å². The molecule has 0 aliphatic carbocycles. The van der Waals surface area contributed by atoms with Gasteiger partial charge >= 0.3 is 5.97 Å². The molecule has 6 aromatic rings. The molecule has 16 nitrogen and oxygen atoms in total. The molecule has 0 aromatic heterocycles. The molecule has 7 atom stereocenters. The molecule has 6 aliphatic rings. The number of nitrogens with zero attached hydrogens (tertiary/aromatic N) is 8. The predicted molar refractivity (Wildman–Crippen MR) is 514 cm³/mol. The largest absolute Gasteiger partial charge is 0.477 e. The Bertz CT molecular complexity index is 4770. The molecule has 0 saturated heterocycles. The van der Waals surface area contributed by atoms with Crippen molar-refractivity contribution in [1.29, 1.82) is 0 Å². The molecule has 4 N–H and O–H groups in total. The van der Waals surface area contributed by atoms with Crippen LogP contribution in [0.2, 0.25) is 66.4 Å². The number of hydrogen-bond acceptors (Lipinski definition) is 17. The number of aliphatic hydroxyl groups excluding tert-OH is 2. The number of hydrogen-bond donors (Lipinski definition) is 4. The zero-order valence-electron chi connectivity index (χ0n) is 74.4. The summed E-state index contributed by atoms with van der Waals surface area (Å²) in [6, 6.07) is 47.3. The molecule has 0 bridgehead atoms. The van der Waals surface area contributed by atoms with Crippen molar-refractivity contribution in [3.63, 3.8) is 0 Å². The first-order valence-corrected chi connectivity index (χ1v) is 52.1. The summed E-state index contributed by atoms with van der Waals surface area (Å²) < 4.78 is 12.5. The van der Waals surface area contributed by atoms with Crippen molar-refractivity contribution in [3.8, 4) is 0 Å². The van der Waals surface area contributed by atoms with E-state index in [-0.39, 0.29) is 65.5 Å². The van der Waals surface area contributed by atoms with E-state index < -0.39 is 45.4 Å². The Kier molecular flexibility index (Phi) is 33.1. The number of thioether (sulfide) groups is 3. The number of aliphatic hydroxyl groups is 2. The summed E-state index contributed by atoms with van der Waals surface area (Å²) >= 11 is 41.5. The molecule has 120 heavy (non-hydrogen) atoms. The van der Waals surface area contributed by atoms with E-state index in [1.807, 2.05) is 147 Å². The fourth-order valence-electron chi connectivity index (χ4n) is 15.4. The molecule has 6 aliphatic heterocycles. The number of benzene rings is 6. The zero-order valence-corrected chi connectivity index (χ0v) is 83.4. The Labute approximate surface area is 760 Å². The van der Waals surface area contributed by atoms with Crippen LogP contribution in [-0.4, -0.2) is 148 Å². The summed E-state index contributed by atoms with van der Waals surface area (Å²) in [5.74, 6) is -0.602. The maximum Gasteiger partial charge on any atom is 0.344 e. The number of nitrogens with one attached hydrogen (secondary N) is 1. The van der Waals surface area contributed by atoms with Crippen LogP contribution in [0.5, 0.6) is 0 Å². The minimum absolute atomic E-state index is 0.0170. The highest BCUT2D eigenvalue weighted by molar-refractivity contribution is 8.18. The molecule has 0 radical (unpaired) electrons. The number of fused-ring (bicyclic) bond motifs is 3. The van der Waals surface area contributed by atoms with E-state index in [1.54, 1.807) is 0 Å². The first-order valence-electron chi connectivity index (χ1n) is 41.5. The highest BCUT2D eigenvalue weighted by Gasteiger charge is 2.57. The van der Waals surface area contributed by atoms with E-state index >= 15 is 0 Å². The van der Waals surface area contributed by atoms with Crippen LogP contribution in [0.3, 0.4) is 0 Å². The van der Waals surface area contributed by atoms with E-state index in [4.69, 9.17) is 93.4 Å². The molecular weight excluding hydrogens is 1720 g/mol. The summed E-state index contributed by atoms with van der Waals surface area (Å²) in [5, 5.41) is 41.2. The Balaban J connectivity index is 0.000000192. The average Bonchev–Trinajstić information content (AvgIpc) is 1.56. The quantitative estimate of drug-likeness (QED) is 0.0229. The van der Waals surface area contributed by atoms with Gasteiger partial charge in [-0.2, -0.15) is 0 Å². The fraction of sp³-hybridized carbons (Fsp3) is 0.495. The van der Waals surface area contributed by atoms with E-state index in [9.17, 15) is 24.9 Å². The lowest BCUT2D eigenvalue weighted by Crippen LogP contribution is -2.45. The molecule has 6 heterocycles. The second kappa shape index (κ2) is 40.2. The minimum atomic E-state index is -1.93. The van der Waals surface area contributed by atoms with Gasteiger partial charge in [0.05, 0.1) is 36.2 Å². The number of allylic oxidation sites excluding steroid dienone is 3. The Morgan fingerprint density at radius 3 is 1.08 bits per heavy atom. The number of aliphatic imine (C=N–C) groups is 3. The zero-order chi connectivity index (χ0) is 89.0. The summed E-state index contributed by atoms with van der Waals surface area (Å²) in [4.78, 5) is 54.5. The Hall–Kier alpha value is -5.13. The van der Waals surface area contributed by atoms with Gasteiger partial charge in [-0.15, -0.1) is 0 Å². The first kappa shape index (κ1) is 98.7. The Morgan fingerprint density at radius 2 is 0.783 bits per heavy atom. The van der Waals surface area contributed by atoms with Gasteiger partial charge in [0.1, 0.15) is 32.7 Å². The number of aliphatic carboxylic acids is 1. The molecular formula is C93H125Cl6N9O7S3Si2. The van der Waals surface area contributed by atoms with Crippen molar-refractivity contribution < 1.29 is 33.8 Å². The normalized spacial score (nSPS) is 21.4. The number of amides is 1. The number of carboxylic acids is 1. The monoisotopic (exact) mass is 1840 g/mol. The molecule has 27 heteroatoms. The third-order valence-electron chi connectivity index (χ3n) is 23.9. The number of amidine groups is 3. The number of carboxylic acid groups (broad SMARTS) is 1. The molecule has 0 saturated carbocycles. The molecule has 0 fully saturated rings. The molecule has 0 spiro atoms. The second-order valence-corrected chi connectivity index (χ2v) is 51.9. The van der Waals surface area contributed by atoms with Gasteiger partial charge in [0.2, 0.25) is 0 Å². The smallest absolute Gasteiger partial charge is 0.344 e. The maximum atomic E-state index is 14.3. The summed E-state index contributed by atoms with van der Waals surface area (Å²) in [5.41, 5.74) is 7.45. The molecule has 1 amide bonds. The van der Waals surface area contributed by atoms with Crippen molar-refractivity contribution in [1.82, 2.24) is 29.8 Å². The molecule has 6 aromatic carbocycles. The lowest BCUT2D eigenvalue weighted by atomic mass is 9.81. The van der Waals surface area contributed by atoms with E-state index in [0.29, 0.717) is 71.0 Å². The van der Waals surface area contributed by atoms with Crippen molar-refractivity contribution in [2.24, 2.45) is 32.7 Å². The fourth-order valence-corrected chi connectivity index (χ4v) is 22.3. The molecule has 0 unspecified atom stereocenters. The maximum absolute atomic E-state index is 14.3. The predicted octanol–water partition coefficient (Wildman–Crippen LogP) is 25.1.